The first kappa shape index (κ1) is 23.2. The minimum Gasteiger partial charge on any atom is -0.480 e. The molecule has 2 rings (SSSR count). The average Bonchev–Trinajstić information content (AvgIpc) is 2.59. The third kappa shape index (κ3) is 6.46. The Morgan fingerprint density at radius 2 is 1.47 bits per heavy atom. The van der Waals surface area contributed by atoms with E-state index in [4.69, 9.17) is 0 Å². The standard InChI is InChI=1S/C19H14F7NO3/c20-14-3-1-2-10(6-14)7-15(17(29)30)27-16(28)8-11-4-12(18(21,22)23)9-13(5-11)19(24,25)26/h1-6,9,15H,7-8H2,(H,27,28)(H,29,30)/t15-/m1/s1. The summed E-state index contributed by atoms with van der Waals surface area (Å²) in [5.74, 6) is -3.26. The van der Waals surface area contributed by atoms with Gasteiger partial charge in [-0.2, -0.15) is 26.3 Å². The van der Waals surface area contributed by atoms with Gasteiger partial charge in [0, 0.05) is 6.42 Å². The van der Waals surface area contributed by atoms with Gasteiger partial charge in [-0.25, -0.2) is 9.18 Å². The molecule has 2 aromatic rings. The van der Waals surface area contributed by atoms with Gasteiger partial charge in [-0.1, -0.05) is 12.1 Å². The normalized spacial score (nSPS) is 13.0. The number of benzene rings is 2. The maximum absolute atomic E-state index is 13.2. The third-order valence-electron chi connectivity index (χ3n) is 3.97. The van der Waals surface area contributed by atoms with Crippen LogP contribution >= 0.6 is 0 Å². The number of carbonyl (C=O) groups is 2. The highest BCUT2D eigenvalue weighted by molar-refractivity contribution is 5.85. The minimum absolute atomic E-state index is 0.0780. The maximum Gasteiger partial charge on any atom is 0.416 e. The summed E-state index contributed by atoms with van der Waals surface area (Å²) in [6.45, 7) is 0. The van der Waals surface area contributed by atoms with E-state index in [0.29, 0.717) is 12.1 Å². The average molecular weight is 437 g/mol. The van der Waals surface area contributed by atoms with E-state index in [2.05, 4.69) is 0 Å². The van der Waals surface area contributed by atoms with Gasteiger partial charge < -0.3 is 10.4 Å². The van der Waals surface area contributed by atoms with Gasteiger partial charge in [-0.3, -0.25) is 4.79 Å². The third-order valence-corrected chi connectivity index (χ3v) is 3.97. The fourth-order valence-electron chi connectivity index (χ4n) is 2.65. The number of amides is 1. The molecule has 162 valence electrons. The van der Waals surface area contributed by atoms with Crippen LogP contribution in [0.25, 0.3) is 0 Å². The van der Waals surface area contributed by atoms with Crippen molar-refractivity contribution in [2.75, 3.05) is 0 Å². The van der Waals surface area contributed by atoms with Gasteiger partial charge in [0.2, 0.25) is 5.91 Å². The highest BCUT2D eigenvalue weighted by Gasteiger charge is 2.37. The SMILES string of the molecule is O=C(Cc1cc(C(F)(F)F)cc(C(F)(F)F)c1)N[C@H](Cc1cccc(F)c1)C(=O)O. The van der Waals surface area contributed by atoms with Gasteiger partial charge in [-0.15, -0.1) is 0 Å². The van der Waals surface area contributed by atoms with Crippen LogP contribution in [0.3, 0.4) is 0 Å². The van der Waals surface area contributed by atoms with Crippen LogP contribution in [0, 0.1) is 5.82 Å². The zero-order valence-corrected chi connectivity index (χ0v) is 14.9. The number of hydrogen-bond donors (Lipinski definition) is 2. The molecule has 0 heterocycles. The molecule has 0 aliphatic carbocycles. The Morgan fingerprint density at radius 3 is 1.93 bits per heavy atom. The fourth-order valence-corrected chi connectivity index (χ4v) is 2.65. The van der Waals surface area contributed by atoms with Crippen LogP contribution in [0.5, 0.6) is 0 Å². The Hall–Kier alpha value is -3.11. The number of alkyl halides is 6. The summed E-state index contributed by atoms with van der Waals surface area (Å²) in [7, 11) is 0. The molecule has 0 spiro atoms. The summed E-state index contributed by atoms with van der Waals surface area (Å²) >= 11 is 0. The molecule has 11 heteroatoms. The minimum atomic E-state index is -5.08. The molecule has 0 radical (unpaired) electrons. The van der Waals surface area contributed by atoms with Crippen molar-refractivity contribution in [3.05, 3.63) is 70.5 Å². The van der Waals surface area contributed by atoms with Gasteiger partial charge in [-0.05, 0) is 41.5 Å². The molecule has 0 bridgehead atoms. The molecular formula is C19H14F7NO3. The molecule has 0 aliphatic heterocycles. The lowest BCUT2D eigenvalue weighted by atomic mass is 10.0. The number of aliphatic carboxylic acids is 1. The summed E-state index contributed by atoms with van der Waals surface area (Å²) in [6, 6.07) is 3.99. The summed E-state index contributed by atoms with van der Waals surface area (Å²) in [6.07, 6.45) is -11.4. The second-order valence-electron chi connectivity index (χ2n) is 6.38. The molecule has 1 atom stereocenters. The predicted octanol–water partition coefficient (Wildman–Crippen LogP) is 4.22. The van der Waals surface area contributed by atoms with E-state index in [1.807, 2.05) is 5.32 Å². The molecule has 2 aromatic carbocycles. The Labute approximate surface area is 165 Å². The van der Waals surface area contributed by atoms with Crippen LogP contribution in [-0.4, -0.2) is 23.0 Å². The second-order valence-corrected chi connectivity index (χ2v) is 6.38. The van der Waals surface area contributed by atoms with E-state index in [9.17, 15) is 45.4 Å². The molecule has 1 amide bonds. The Kier molecular flexibility index (Phi) is 6.73. The van der Waals surface area contributed by atoms with E-state index in [1.165, 1.54) is 12.1 Å². The molecule has 2 N–H and O–H groups in total. The lowest BCUT2D eigenvalue weighted by Crippen LogP contribution is -2.43. The number of carbonyl (C=O) groups excluding carboxylic acids is 1. The van der Waals surface area contributed by atoms with Crippen LogP contribution in [0.1, 0.15) is 22.3 Å². The molecule has 0 saturated carbocycles. The maximum atomic E-state index is 13.2. The van der Waals surface area contributed by atoms with Crippen LogP contribution in [0.2, 0.25) is 0 Å². The van der Waals surface area contributed by atoms with Crippen molar-refractivity contribution in [3.63, 3.8) is 0 Å². The van der Waals surface area contributed by atoms with Crippen molar-refractivity contribution in [2.24, 2.45) is 0 Å². The number of nitrogens with one attached hydrogen (secondary N) is 1. The molecule has 0 fully saturated rings. The van der Waals surface area contributed by atoms with Crippen LogP contribution in [0.15, 0.2) is 42.5 Å². The van der Waals surface area contributed by atoms with Gasteiger partial charge in [0.15, 0.2) is 0 Å². The summed E-state index contributed by atoms with van der Waals surface area (Å²) in [4.78, 5) is 23.4. The first-order valence-corrected chi connectivity index (χ1v) is 8.30. The monoisotopic (exact) mass is 437 g/mol. The summed E-state index contributed by atoms with van der Waals surface area (Å²) in [5, 5.41) is 11.2. The zero-order valence-electron chi connectivity index (χ0n) is 14.9. The fraction of sp³-hybridized carbons (Fsp3) is 0.263. The first-order valence-electron chi connectivity index (χ1n) is 8.30. The molecule has 4 nitrogen and oxygen atoms in total. The van der Waals surface area contributed by atoms with E-state index < -0.39 is 59.2 Å². The van der Waals surface area contributed by atoms with Gasteiger partial charge in [0.1, 0.15) is 11.9 Å². The van der Waals surface area contributed by atoms with E-state index in [0.717, 1.165) is 12.1 Å². The number of carboxylic acid groups (broad SMARTS) is 1. The Morgan fingerprint density at radius 1 is 0.900 bits per heavy atom. The molecular weight excluding hydrogens is 423 g/mol. The Balaban J connectivity index is 2.21. The van der Waals surface area contributed by atoms with Crippen molar-refractivity contribution in [1.29, 1.82) is 0 Å². The van der Waals surface area contributed by atoms with E-state index in [1.54, 1.807) is 0 Å². The van der Waals surface area contributed by atoms with Crippen molar-refractivity contribution >= 4 is 11.9 Å². The number of rotatable bonds is 6. The number of carboxylic acids is 1. The van der Waals surface area contributed by atoms with Crippen molar-refractivity contribution in [2.45, 2.75) is 31.2 Å². The van der Waals surface area contributed by atoms with Crippen LogP contribution < -0.4 is 5.32 Å². The highest BCUT2D eigenvalue weighted by atomic mass is 19.4. The predicted molar refractivity (Wildman–Crippen MR) is 89.8 cm³/mol. The smallest absolute Gasteiger partial charge is 0.416 e. The van der Waals surface area contributed by atoms with Gasteiger partial charge in [0.25, 0.3) is 0 Å². The molecule has 0 aromatic heterocycles. The van der Waals surface area contributed by atoms with Crippen molar-refractivity contribution in [3.8, 4) is 0 Å². The van der Waals surface area contributed by atoms with Crippen molar-refractivity contribution < 1.29 is 45.4 Å². The lowest BCUT2D eigenvalue weighted by molar-refractivity contribution is -0.143. The van der Waals surface area contributed by atoms with Crippen molar-refractivity contribution in [1.82, 2.24) is 5.32 Å². The van der Waals surface area contributed by atoms with E-state index >= 15 is 0 Å². The Bertz CT molecular complexity index is 906. The quantitative estimate of drug-likeness (QED) is 0.666. The van der Waals surface area contributed by atoms with Crippen LogP contribution in [0.4, 0.5) is 30.7 Å². The summed E-state index contributed by atoms with van der Waals surface area (Å²) in [5.41, 5.74) is -3.55. The van der Waals surface area contributed by atoms with Gasteiger partial charge in [0.05, 0.1) is 17.5 Å². The molecule has 30 heavy (non-hydrogen) atoms. The second kappa shape index (κ2) is 8.72. The van der Waals surface area contributed by atoms with Gasteiger partial charge >= 0.3 is 18.3 Å². The molecule has 0 saturated heterocycles. The molecule has 0 aliphatic rings. The first-order chi connectivity index (χ1) is 13.8. The van der Waals surface area contributed by atoms with Crippen LogP contribution in [-0.2, 0) is 34.8 Å². The van der Waals surface area contributed by atoms with E-state index in [-0.39, 0.29) is 18.1 Å². The highest BCUT2D eigenvalue weighted by Crippen LogP contribution is 2.36. The lowest BCUT2D eigenvalue weighted by Gasteiger charge is -2.16. The zero-order chi connectivity index (χ0) is 22.7. The number of halogens is 7. The number of hydrogen-bond acceptors (Lipinski definition) is 2. The largest absolute Gasteiger partial charge is 0.480 e. The molecule has 0 unspecified atom stereocenters. The topological polar surface area (TPSA) is 66.4 Å². The summed E-state index contributed by atoms with van der Waals surface area (Å²) < 4.78 is 90.5.